The molecule has 164 valence electrons. The fraction of sp³-hybridized carbons (Fsp3) is 0.733. The number of quaternary nitrogens is 1. The van der Waals surface area contributed by atoms with E-state index in [1.54, 1.807) is 0 Å². The molecule has 0 saturated heterocycles. The fourth-order valence-corrected chi connectivity index (χ4v) is 1.83. The van der Waals surface area contributed by atoms with Crippen LogP contribution in [0.2, 0.25) is 0 Å². The molecule has 0 spiro atoms. The number of esters is 1. The Balaban J connectivity index is -0.000000451. The topological polar surface area (TPSA) is 228 Å². The molecule has 13 nitrogen and oxygen atoms in total. The molecule has 0 amide bonds. The van der Waals surface area contributed by atoms with Crippen LogP contribution in [0.3, 0.4) is 0 Å². The van der Waals surface area contributed by atoms with Crippen molar-refractivity contribution in [2.45, 2.75) is 43.9 Å². The van der Waals surface area contributed by atoms with Gasteiger partial charge in [0.05, 0.1) is 33.1 Å². The molecule has 29 heavy (non-hydrogen) atoms. The summed E-state index contributed by atoms with van der Waals surface area (Å²) in [6, 6.07) is 0. The van der Waals surface area contributed by atoms with E-state index in [-0.39, 0.29) is 29.5 Å². The van der Waals surface area contributed by atoms with Crippen LogP contribution >= 0.6 is 0 Å². The van der Waals surface area contributed by atoms with Crippen molar-refractivity contribution in [3.8, 4) is 0 Å². The molecule has 0 aliphatic rings. The average Bonchev–Trinajstić information content (AvgIpc) is 2.49. The smallest absolute Gasteiger partial charge is 0.550 e. The van der Waals surface area contributed by atoms with Gasteiger partial charge in [-0.2, -0.15) is 0 Å². The fourth-order valence-electron chi connectivity index (χ4n) is 1.83. The van der Waals surface area contributed by atoms with Gasteiger partial charge in [0.25, 0.3) is 0 Å². The quantitative estimate of drug-likeness (QED) is 0.142. The molecule has 14 heteroatoms. The second-order valence-corrected chi connectivity index (χ2v) is 6.79. The Hall–Kier alpha value is -1.55. The second kappa shape index (κ2) is 14.4. The minimum atomic E-state index is -2.50. The van der Waals surface area contributed by atoms with E-state index in [0.717, 1.165) is 0 Å². The predicted octanol–water partition coefficient (Wildman–Crippen LogP) is -7.69. The summed E-state index contributed by atoms with van der Waals surface area (Å²) in [4.78, 5) is 41.0. The molecule has 0 aromatic carbocycles. The number of carboxylic acids is 3. The Morgan fingerprint density at radius 3 is 1.41 bits per heavy atom. The molecule has 0 bridgehead atoms. The van der Waals surface area contributed by atoms with Gasteiger partial charge in [0.2, 0.25) is 0 Å². The molecule has 0 radical (unpaired) electrons. The van der Waals surface area contributed by atoms with Crippen LogP contribution in [-0.2, 0) is 23.9 Å². The van der Waals surface area contributed by atoms with Crippen LogP contribution < -0.4 is 15.3 Å². The number of aliphatic hydroxyl groups is 4. The van der Waals surface area contributed by atoms with Crippen molar-refractivity contribution in [3.05, 3.63) is 0 Å². The van der Waals surface area contributed by atoms with E-state index in [9.17, 15) is 34.5 Å². The first-order valence-electron chi connectivity index (χ1n) is 7.81. The zero-order chi connectivity index (χ0) is 22.8. The average molecular weight is 436 g/mol. The van der Waals surface area contributed by atoms with Crippen molar-refractivity contribution in [2.24, 2.45) is 0 Å². The third-order valence-corrected chi connectivity index (χ3v) is 2.96. The van der Waals surface area contributed by atoms with Crippen molar-refractivity contribution >= 4 is 46.9 Å². The number of likely N-dealkylation sites (N-methyl/N-ethyl adjacent to an activating group) is 1. The Labute approximate surface area is 182 Å². The number of aliphatic carboxylic acids is 3. The van der Waals surface area contributed by atoms with Crippen LogP contribution in [0.5, 0.6) is 0 Å². The number of ether oxygens (including phenoxy) is 1. The largest absolute Gasteiger partial charge is 2.00 e. The Morgan fingerprint density at radius 1 is 0.862 bits per heavy atom. The van der Waals surface area contributed by atoms with Crippen LogP contribution in [-0.4, -0.2) is 130 Å². The molecular formula is C15H25MgNO12. The third-order valence-electron chi connectivity index (χ3n) is 2.96. The maximum atomic E-state index is 10.7. The molecule has 4 unspecified atom stereocenters. The number of aliphatic hydroxyl groups excluding tert-OH is 4. The summed E-state index contributed by atoms with van der Waals surface area (Å²) >= 11 is 0. The van der Waals surface area contributed by atoms with Gasteiger partial charge in [-0.1, -0.05) is 0 Å². The predicted molar refractivity (Wildman–Crippen MR) is 87.9 cm³/mol. The van der Waals surface area contributed by atoms with Gasteiger partial charge in [0.15, 0.2) is 6.10 Å². The number of carboxylic acid groups (broad SMARTS) is 3. The van der Waals surface area contributed by atoms with Gasteiger partial charge in [-0.25, -0.2) is 0 Å². The van der Waals surface area contributed by atoms with Gasteiger partial charge in [0.1, 0.15) is 31.0 Å². The van der Waals surface area contributed by atoms with Gasteiger partial charge in [-0.15, -0.1) is 0 Å². The number of carbonyl (C=O) groups is 4. The van der Waals surface area contributed by atoms with E-state index in [4.69, 9.17) is 25.2 Å². The minimum absolute atomic E-state index is 0. The van der Waals surface area contributed by atoms with E-state index in [0.29, 0.717) is 11.0 Å². The first-order chi connectivity index (χ1) is 12.5. The van der Waals surface area contributed by atoms with E-state index in [2.05, 4.69) is 0 Å². The maximum absolute atomic E-state index is 10.7. The maximum Gasteiger partial charge on any atom is 2.00 e. The number of carbonyl (C=O) groups excluding carboxylic acids is 4. The van der Waals surface area contributed by atoms with E-state index < -0.39 is 54.4 Å². The number of hydrogen-bond donors (Lipinski definition) is 4. The molecule has 0 aliphatic carbocycles. The zero-order valence-electron chi connectivity index (χ0n) is 16.5. The van der Waals surface area contributed by atoms with Crippen molar-refractivity contribution < 1.29 is 64.1 Å². The molecule has 0 heterocycles. The Kier molecular flexibility index (Phi) is 16.0. The number of nitrogens with zero attached hydrogens (tertiary/aromatic N) is 1. The third kappa shape index (κ3) is 16.0. The summed E-state index contributed by atoms with van der Waals surface area (Å²) in [5.74, 6) is -5.89. The van der Waals surface area contributed by atoms with Crippen molar-refractivity contribution in [3.63, 3.8) is 0 Å². The second-order valence-electron chi connectivity index (χ2n) is 6.79. The molecule has 0 aromatic rings. The number of rotatable bonds is 10. The molecule has 0 rings (SSSR count). The molecule has 0 aliphatic heterocycles. The molecule has 0 fully saturated rings. The van der Waals surface area contributed by atoms with Gasteiger partial charge < -0.3 is 59.3 Å². The summed E-state index contributed by atoms with van der Waals surface area (Å²) in [6.45, 7) is 1.71. The van der Waals surface area contributed by atoms with E-state index >= 15 is 0 Å². The first-order valence-corrected chi connectivity index (χ1v) is 7.81. The first kappa shape index (κ1) is 32.1. The molecule has 5 atom stereocenters. The summed E-state index contributed by atoms with van der Waals surface area (Å²) in [6.07, 6.45) is -10.6. The van der Waals surface area contributed by atoms with Gasteiger partial charge in [-0.3, -0.25) is 4.79 Å². The van der Waals surface area contributed by atoms with Gasteiger partial charge in [0, 0.05) is 19.3 Å². The minimum Gasteiger partial charge on any atom is -0.550 e. The summed E-state index contributed by atoms with van der Waals surface area (Å²) in [5.41, 5.74) is 0. The summed E-state index contributed by atoms with van der Waals surface area (Å²) < 4.78 is 5.39. The van der Waals surface area contributed by atoms with Crippen molar-refractivity contribution in [2.75, 3.05) is 27.7 Å². The Bertz CT molecular complexity index is 510. The normalized spacial score (nSPS) is 15.9. The van der Waals surface area contributed by atoms with Crippen LogP contribution in [0.25, 0.3) is 0 Å². The van der Waals surface area contributed by atoms with E-state index in [1.165, 1.54) is 6.92 Å². The van der Waals surface area contributed by atoms with Crippen molar-refractivity contribution in [1.82, 2.24) is 0 Å². The van der Waals surface area contributed by atoms with Gasteiger partial charge in [-0.05, 0) is 0 Å². The van der Waals surface area contributed by atoms with Crippen LogP contribution in [0.1, 0.15) is 13.3 Å². The standard InChI is InChI=1S/C9H17NO4.C6H10O8.Mg/c1-7(11)14-8(5-9(12)13)6-10(2,3)4;7-1(3(9)5(11)12)2(8)4(10)6(13)14;/h8H,5-6H2,1-4H3;1-4,7-10H,(H,11,12)(H,13,14);/q;;+2/p-2/t8-;;/m1../s1. The van der Waals surface area contributed by atoms with Crippen LogP contribution in [0.4, 0.5) is 0 Å². The van der Waals surface area contributed by atoms with E-state index in [1.807, 2.05) is 21.1 Å². The Morgan fingerprint density at radius 2 is 1.21 bits per heavy atom. The van der Waals surface area contributed by atoms with Crippen molar-refractivity contribution in [1.29, 1.82) is 0 Å². The molecule has 4 N–H and O–H groups in total. The summed E-state index contributed by atoms with van der Waals surface area (Å²) in [5, 5.41) is 65.1. The molecular weight excluding hydrogens is 410 g/mol. The molecule has 0 saturated carbocycles. The summed E-state index contributed by atoms with van der Waals surface area (Å²) in [7, 11) is 5.68. The van der Waals surface area contributed by atoms with Gasteiger partial charge >= 0.3 is 29.0 Å². The number of hydrogen-bond acceptors (Lipinski definition) is 12. The van der Waals surface area contributed by atoms with Crippen LogP contribution in [0.15, 0.2) is 0 Å². The SMILES string of the molecule is CC(=O)O[C@H](CC(=O)[O-])C[N+](C)(C)C.O=C([O-])C(O)C(O)C(O)C(O)C(=O)[O-].[Mg+2]. The molecule has 0 aromatic heterocycles. The zero-order valence-corrected chi connectivity index (χ0v) is 17.9. The van der Waals surface area contributed by atoms with Crippen LogP contribution in [0, 0.1) is 0 Å². The monoisotopic (exact) mass is 435 g/mol.